The second-order valence-electron chi connectivity index (χ2n) is 4.74. The molecule has 0 amide bonds. The number of phenolic OH excluding ortho intramolecular Hbond substituents is 2. The monoisotopic (exact) mass is 318 g/mol. The van der Waals surface area contributed by atoms with Crippen LogP contribution in [0.1, 0.15) is 15.9 Å². The van der Waals surface area contributed by atoms with Crippen molar-refractivity contribution in [2.24, 2.45) is 0 Å². The number of hydrogen-bond donors (Lipinski definition) is 2. The van der Waals surface area contributed by atoms with Gasteiger partial charge in [-0.3, -0.25) is 4.79 Å². The van der Waals surface area contributed by atoms with E-state index in [4.69, 9.17) is 0 Å². The Balaban J connectivity index is 2.21. The van der Waals surface area contributed by atoms with E-state index in [1.165, 1.54) is 42.5 Å². The van der Waals surface area contributed by atoms with E-state index in [0.717, 1.165) is 6.26 Å². The van der Waals surface area contributed by atoms with Crippen LogP contribution < -0.4 is 0 Å². The molecule has 0 radical (unpaired) electrons. The minimum atomic E-state index is -3.26. The Morgan fingerprint density at radius 1 is 1.05 bits per heavy atom. The first-order valence-electron chi connectivity index (χ1n) is 6.32. The van der Waals surface area contributed by atoms with Crippen LogP contribution in [0.15, 0.2) is 53.4 Å². The van der Waals surface area contributed by atoms with E-state index in [1.807, 2.05) is 0 Å². The molecule has 6 heteroatoms. The molecule has 0 atom stereocenters. The first-order valence-corrected chi connectivity index (χ1v) is 8.21. The van der Waals surface area contributed by atoms with Crippen molar-refractivity contribution in [2.45, 2.75) is 4.90 Å². The van der Waals surface area contributed by atoms with Crippen molar-refractivity contribution in [3.05, 3.63) is 59.7 Å². The third-order valence-electron chi connectivity index (χ3n) is 2.98. The second kappa shape index (κ2) is 6.03. The van der Waals surface area contributed by atoms with Gasteiger partial charge in [-0.1, -0.05) is 18.2 Å². The van der Waals surface area contributed by atoms with E-state index < -0.39 is 15.6 Å². The molecule has 5 nitrogen and oxygen atoms in total. The van der Waals surface area contributed by atoms with E-state index in [0.29, 0.717) is 5.56 Å². The molecule has 2 N–H and O–H groups in total. The number of hydrogen-bond acceptors (Lipinski definition) is 5. The number of aromatic hydroxyl groups is 2. The summed E-state index contributed by atoms with van der Waals surface area (Å²) in [5.74, 6) is -0.812. The lowest BCUT2D eigenvalue weighted by Gasteiger charge is -2.01. The maximum absolute atomic E-state index is 12.0. The fourth-order valence-electron chi connectivity index (χ4n) is 1.81. The second-order valence-corrected chi connectivity index (χ2v) is 6.76. The minimum Gasteiger partial charge on any atom is -0.508 e. The molecular formula is C16H14O5S. The maximum Gasteiger partial charge on any atom is 0.189 e. The molecule has 0 spiro atoms. The topological polar surface area (TPSA) is 91.7 Å². The van der Waals surface area contributed by atoms with Crippen LogP contribution in [0.2, 0.25) is 0 Å². The predicted molar refractivity (Wildman–Crippen MR) is 82.7 cm³/mol. The molecule has 0 bridgehead atoms. The molecule has 0 aliphatic rings. The van der Waals surface area contributed by atoms with Crippen LogP contribution in [0.3, 0.4) is 0 Å². The van der Waals surface area contributed by atoms with Gasteiger partial charge in [0.05, 0.1) is 10.5 Å². The molecule has 0 aliphatic heterocycles. The summed E-state index contributed by atoms with van der Waals surface area (Å²) in [5, 5.41) is 18.9. The third kappa shape index (κ3) is 3.73. The van der Waals surface area contributed by atoms with Crippen LogP contribution in [0, 0.1) is 0 Å². The van der Waals surface area contributed by atoms with Crippen molar-refractivity contribution in [2.75, 3.05) is 6.26 Å². The summed E-state index contributed by atoms with van der Waals surface area (Å²) < 4.78 is 22.7. The Morgan fingerprint density at radius 3 is 2.27 bits per heavy atom. The smallest absolute Gasteiger partial charge is 0.189 e. The standard InChI is InChI=1S/C16H14O5S/c1-22(20,21)13-6-2-11(3-7-13)4-8-15(18)14-10-12(17)5-9-16(14)19/h2-10,17,19H,1H3/b8-4+. The van der Waals surface area contributed by atoms with Crippen molar-refractivity contribution in [3.63, 3.8) is 0 Å². The highest BCUT2D eigenvalue weighted by Gasteiger charge is 2.09. The minimum absolute atomic E-state index is 0.0102. The number of ketones is 1. The average Bonchev–Trinajstić information content (AvgIpc) is 2.47. The van der Waals surface area contributed by atoms with Crippen LogP contribution in [0.4, 0.5) is 0 Å². The molecule has 0 aromatic heterocycles. The average molecular weight is 318 g/mol. The summed E-state index contributed by atoms with van der Waals surface area (Å²) in [7, 11) is -3.26. The van der Waals surface area contributed by atoms with Gasteiger partial charge in [0.1, 0.15) is 11.5 Å². The van der Waals surface area contributed by atoms with Crippen molar-refractivity contribution in [1.82, 2.24) is 0 Å². The largest absolute Gasteiger partial charge is 0.508 e. The van der Waals surface area contributed by atoms with Gasteiger partial charge in [-0.15, -0.1) is 0 Å². The Morgan fingerprint density at radius 2 is 1.68 bits per heavy atom. The van der Waals surface area contributed by atoms with Gasteiger partial charge in [-0.2, -0.15) is 0 Å². The Kier molecular flexibility index (Phi) is 4.32. The quantitative estimate of drug-likeness (QED) is 0.513. The maximum atomic E-state index is 12.0. The van der Waals surface area contributed by atoms with Crippen LogP contribution in [-0.2, 0) is 9.84 Å². The summed E-state index contributed by atoms with van der Waals surface area (Å²) >= 11 is 0. The van der Waals surface area contributed by atoms with Crippen molar-refractivity contribution in [3.8, 4) is 11.5 Å². The zero-order valence-electron chi connectivity index (χ0n) is 11.7. The van der Waals surface area contributed by atoms with Gasteiger partial charge in [0, 0.05) is 6.26 Å². The number of allylic oxidation sites excluding steroid dienone is 1. The highest BCUT2D eigenvalue weighted by Crippen LogP contribution is 2.23. The molecule has 2 aromatic rings. The van der Waals surface area contributed by atoms with Crippen LogP contribution in [0.25, 0.3) is 6.08 Å². The van der Waals surface area contributed by atoms with Crippen LogP contribution in [-0.4, -0.2) is 30.7 Å². The number of rotatable bonds is 4. The molecule has 0 saturated heterocycles. The van der Waals surface area contributed by atoms with E-state index in [9.17, 15) is 23.4 Å². The number of phenols is 2. The van der Waals surface area contributed by atoms with Crippen LogP contribution >= 0.6 is 0 Å². The molecule has 0 aliphatic carbocycles. The SMILES string of the molecule is CS(=O)(=O)c1ccc(/C=C/C(=O)c2cc(O)ccc2O)cc1. The zero-order chi connectivity index (χ0) is 16.3. The van der Waals surface area contributed by atoms with Gasteiger partial charge in [-0.25, -0.2) is 8.42 Å². The number of sulfone groups is 1. The lowest BCUT2D eigenvalue weighted by Crippen LogP contribution is -1.96. The number of benzene rings is 2. The highest BCUT2D eigenvalue weighted by molar-refractivity contribution is 7.90. The van der Waals surface area contributed by atoms with Gasteiger partial charge in [0.25, 0.3) is 0 Å². The molecule has 2 aromatic carbocycles. The molecule has 0 unspecified atom stereocenters. The van der Waals surface area contributed by atoms with E-state index in [1.54, 1.807) is 12.1 Å². The molecule has 2 rings (SSSR count). The zero-order valence-corrected chi connectivity index (χ0v) is 12.5. The molecular weight excluding hydrogens is 304 g/mol. The number of carbonyl (C=O) groups excluding carboxylic acids is 1. The third-order valence-corrected chi connectivity index (χ3v) is 4.11. The normalized spacial score (nSPS) is 11.7. The molecule has 0 heterocycles. The van der Waals surface area contributed by atoms with E-state index >= 15 is 0 Å². The van der Waals surface area contributed by atoms with Gasteiger partial charge >= 0.3 is 0 Å². The van der Waals surface area contributed by atoms with Crippen molar-refractivity contribution < 1.29 is 23.4 Å². The van der Waals surface area contributed by atoms with Gasteiger partial charge < -0.3 is 10.2 Å². The first-order chi connectivity index (χ1) is 10.3. The summed E-state index contributed by atoms with van der Waals surface area (Å²) in [6.45, 7) is 0. The van der Waals surface area contributed by atoms with Gasteiger partial charge in [0.15, 0.2) is 15.6 Å². The van der Waals surface area contributed by atoms with E-state index in [-0.39, 0.29) is 22.0 Å². The van der Waals surface area contributed by atoms with E-state index in [2.05, 4.69) is 0 Å². The molecule has 114 valence electrons. The summed E-state index contributed by atoms with van der Waals surface area (Å²) in [5.41, 5.74) is 0.629. The lowest BCUT2D eigenvalue weighted by atomic mass is 10.1. The Bertz CT molecular complexity index is 833. The van der Waals surface area contributed by atoms with Gasteiger partial charge in [-0.05, 0) is 42.0 Å². The van der Waals surface area contributed by atoms with Gasteiger partial charge in [0.2, 0.25) is 0 Å². The fourth-order valence-corrected chi connectivity index (χ4v) is 2.44. The molecule has 0 fully saturated rings. The summed E-state index contributed by atoms with van der Waals surface area (Å²) in [6.07, 6.45) is 3.86. The summed E-state index contributed by atoms with van der Waals surface area (Å²) in [6, 6.07) is 9.73. The fraction of sp³-hybridized carbons (Fsp3) is 0.0625. The predicted octanol–water partition coefficient (Wildman–Crippen LogP) is 2.40. The lowest BCUT2D eigenvalue weighted by molar-refractivity contribution is 0.104. The van der Waals surface area contributed by atoms with Crippen molar-refractivity contribution >= 4 is 21.7 Å². The Labute approximate surface area is 128 Å². The molecule has 22 heavy (non-hydrogen) atoms. The highest BCUT2D eigenvalue weighted by atomic mass is 32.2. The molecule has 0 saturated carbocycles. The van der Waals surface area contributed by atoms with Crippen LogP contribution in [0.5, 0.6) is 11.5 Å². The summed E-state index contributed by atoms with van der Waals surface area (Å²) in [4.78, 5) is 12.2. The van der Waals surface area contributed by atoms with Crippen molar-refractivity contribution in [1.29, 1.82) is 0 Å². The first kappa shape index (κ1) is 15.8. The number of carbonyl (C=O) groups is 1. The Hall–Kier alpha value is -2.60.